The number of rotatable bonds is 6. The van der Waals surface area contributed by atoms with E-state index in [1.165, 1.54) is 9.09 Å². The maximum Gasteiger partial charge on any atom is 0.255 e. The van der Waals surface area contributed by atoms with Crippen molar-refractivity contribution >= 4 is 40.6 Å². The van der Waals surface area contributed by atoms with Crippen LogP contribution < -0.4 is 10.6 Å². The second-order valence-corrected chi connectivity index (χ2v) is 10.8. The lowest BCUT2D eigenvalue weighted by Gasteiger charge is -2.34. The molecule has 0 bridgehead atoms. The number of amides is 1. The summed E-state index contributed by atoms with van der Waals surface area (Å²) in [5.74, 6) is 1.05. The Morgan fingerprint density at radius 3 is 2.81 bits per heavy atom. The molecule has 2 N–H and O–H groups in total. The van der Waals surface area contributed by atoms with Gasteiger partial charge in [0.15, 0.2) is 5.78 Å². The Bertz CT molecular complexity index is 1130. The molecular weight excluding hydrogens is 438 g/mol. The van der Waals surface area contributed by atoms with Gasteiger partial charge in [-0.1, -0.05) is 19.9 Å². The normalized spacial score (nSPS) is 18.5. The van der Waals surface area contributed by atoms with Crippen molar-refractivity contribution in [3.05, 3.63) is 62.9 Å². The van der Waals surface area contributed by atoms with Gasteiger partial charge in [-0.25, -0.2) is 4.98 Å². The second kappa shape index (κ2) is 9.63. The van der Waals surface area contributed by atoms with Gasteiger partial charge in [0.05, 0.1) is 4.21 Å². The third-order valence-electron chi connectivity index (χ3n) is 5.86. The summed E-state index contributed by atoms with van der Waals surface area (Å²) in [6.45, 7) is 8.12. The SMILES string of the molecule is CCSc1sc(CC)cc1C1C(C(=O)Nc2cccc(C)n2)=C(C)NC2=C1C(=O)CCC2. The van der Waals surface area contributed by atoms with Crippen molar-refractivity contribution in [3.63, 3.8) is 0 Å². The number of aromatic nitrogens is 1. The number of pyridine rings is 1. The number of nitrogens with zero attached hydrogens (tertiary/aromatic N) is 1. The van der Waals surface area contributed by atoms with E-state index in [0.29, 0.717) is 17.8 Å². The van der Waals surface area contributed by atoms with Crippen LogP contribution in [0.3, 0.4) is 0 Å². The van der Waals surface area contributed by atoms with E-state index in [-0.39, 0.29) is 17.6 Å². The second-order valence-electron chi connectivity index (χ2n) is 8.13. The number of ketones is 1. The largest absolute Gasteiger partial charge is 0.362 e. The van der Waals surface area contributed by atoms with Crippen LogP contribution in [0.1, 0.15) is 62.1 Å². The molecule has 1 unspecified atom stereocenters. The van der Waals surface area contributed by atoms with Crippen LogP contribution in [0.25, 0.3) is 0 Å². The lowest BCUT2D eigenvalue weighted by molar-refractivity contribution is -0.116. The predicted molar refractivity (Wildman–Crippen MR) is 132 cm³/mol. The smallest absolute Gasteiger partial charge is 0.255 e. The maximum atomic E-state index is 13.6. The minimum atomic E-state index is -0.352. The average Bonchev–Trinajstić information content (AvgIpc) is 3.16. The Morgan fingerprint density at radius 2 is 2.09 bits per heavy atom. The van der Waals surface area contributed by atoms with Crippen LogP contribution in [0.15, 0.2) is 51.0 Å². The summed E-state index contributed by atoms with van der Waals surface area (Å²) in [6, 6.07) is 7.77. The minimum absolute atomic E-state index is 0.145. The summed E-state index contributed by atoms with van der Waals surface area (Å²) in [5.41, 5.74) is 5.09. The van der Waals surface area contributed by atoms with Crippen LogP contribution in [-0.4, -0.2) is 22.4 Å². The van der Waals surface area contributed by atoms with Crippen LogP contribution in [0.5, 0.6) is 0 Å². The molecule has 0 fully saturated rings. The summed E-state index contributed by atoms with van der Waals surface area (Å²) in [4.78, 5) is 32.5. The molecule has 2 aliphatic rings. The van der Waals surface area contributed by atoms with E-state index in [0.717, 1.165) is 53.2 Å². The fourth-order valence-electron chi connectivity index (χ4n) is 4.45. The first-order valence-corrected chi connectivity index (χ1v) is 13.0. The number of aryl methyl sites for hydroxylation is 2. The van der Waals surface area contributed by atoms with E-state index in [1.807, 2.05) is 26.0 Å². The van der Waals surface area contributed by atoms with Gasteiger partial charge in [-0.05, 0) is 62.6 Å². The fraction of sp³-hybridized carbons (Fsp3) is 0.400. The molecule has 1 atom stereocenters. The molecule has 3 heterocycles. The Balaban J connectivity index is 1.83. The summed E-state index contributed by atoms with van der Waals surface area (Å²) < 4.78 is 1.20. The standard InChI is InChI=1S/C25H29N3O2S2/c1-5-16-13-17(25(32-16)31-6-2)22-21(24(30)28-20-12-7-9-14(3)26-20)15(4)27-18-10-8-11-19(29)23(18)22/h7,9,12-13,22,27H,5-6,8,10-11H2,1-4H3,(H,26,28,30). The molecule has 1 amide bonds. The molecule has 5 nitrogen and oxygen atoms in total. The van der Waals surface area contributed by atoms with Crippen molar-refractivity contribution in [2.45, 2.75) is 63.5 Å². The number of Topliss-reactive ketones (excluding diaryl/α,β-unsaturated/α-hetero) is 1. The third kappa shape index (κ3) is 4.41. The Morgan fingerprint density at radius 1 is 1.28 bits per heavy atom. The van der Waals surface area contributed by atoms with Crippen molar-refractivity contribution < 1.29 is 9.59 Å². The minimum Gasteiger partial charge on any atom is -0.362 e. The quantitative estimate of drug-likeness (QED) is 0.531. The number of nitrogens with one attached hydrogen (secondary N) is 2. The van der Waals surface area contributed by atoms with Crippen LogP contribution in [0.2, 0.25) is 0 Å². The first-order chi connectivity index (χ1) is 15.4. The zero-order valence-electron chi connectivity index (χ0n) is 19.0. The lowest BCUT2D eigenvalue weighted by atomic mass is 9.75. The average molecular weight is 468 g/mol. The third-order valence-corrected chi connectivity index (χ3v) is 8.34. The number of thioether (sulfide) groups is 1. The maximum absolute atomic E-state index is 13.6. The van der Waals surface area contributed by atoms with Gasteiger partial charge in [0.25, 0.3) is 5.91 Å². The number of carbonyl (C=O) groups is 2. The Labute approximate surface area is 197 Å². The Hall–Kier alpha value is -2.38. The number of thiophene rings is 1. The van der Waals surface area contributed by atoms with E-state index in [2.05, 4.69) is 35.5 Å². The summed E-state index contributed by atoms with van der Waals surface area (Å²) in [6.07, 6.45) is 3.15. The highest BCUT2D eigenvalue weighted by atomic mass is 32.2. The number of allylic oxidation sites excluding steroid dienone is 3. The van der Waals surface area contributed by atoms with Crippen molar-refractivity contribution in [3.8, 4) is 0 Å². The Kier molecular flexibility index (Phi) is 6.86. The summed E-state index contributed by atoms with van der Waals surface area (Å²) in [5, 5.41) is 6.38. The van der Waals surface area contributed by atoms with E-state index >= 15 is 0 Å². The molecule has 2 aromatic rings. The van der Waals surface area contributed by atoms with Gasteiger partial charge in [-0.15, -0.1) is 23.1 Å². The molecule has 0 radical (unpaired) electrons. The molecule has 0 aromatic carbocycles. The number of hydrogen-bond acceptors (Lipinski definition) is 6. The van der Waals surface area contributed by atoms with Crippen LogP contribution in [0, 0.1) is 6.92 Å². The van der Waals surface area contributed by atoms with E-state index in [9.17, 15) is 9.59 Å². The monoisotopic (exact) mass is 467 g/mol. The van der Waals surface area contributed by atoms with Gasteiger partial charge in [0.1, 0.15) is 5.82 Å². The van der Waals surface area contributed by atoms with Crippen LogP contribution in [-0.2, 0) is 16.0 Å². The molecule has 1 aliphatic carbocycles. The van der Waals surface area contributed by atoms with Gasteiger partial charge in [-0.3, -0.25) is 9.59 Å². The zero-order valence-corrected chi connectivity index (χ0v) is 20.6. The highest BCUT2D eigenvalue weighted by molar-refractivity contribution is 8.01. The first-order valence-electron chi connectivity index (χ1n) is 11.2. The van der Waals surface area contributed by atoms with E-state index in [4.69, 9.17) is 0 Å². The van der Waals surface area contributed by atoms with Gasteiger partial charge >= 0.3 is 0 Å². The number of dihydropyridines is 1. The molecule has 0 saturated heterocycles. The van der Waals surface area contributed by atoms with E-state index < -0.39 is 0 Å². The number of anilines is 1. The van der Waals surface area contributed by atoms with Crippen LogP contribution in [0.4, 0.5) is 5.82 Å². The fourth-order valence-corrected chi connectivity index (χ4v) is 6.83. The first kappa shape index (κ1) is 22.8. The molecular formula is C25H29N3O2S2. The highest BCUT2D eigenvalue weighted by Gasteiger charge is 2.40. The highest BCUT2D eigenvalue weighted by Crippen LogP contribution is 2.47. The van der Waals surface area contributed by atoms with Gasteiger partial charge in [0, 0.05) is 45.5 Å². The predicted octanol–water partition coefficient (Wildman–Crippen LogP) is 5.73. The van der Waals surface area contributed by atoms with Crippen molar-refractivity contribution in [1.82, 2.24) is 10.3 Å². The van der Waals surface area contributed by atoms with Crippen molar-refractivity contribution in [1.29, 1.82) is 0 Å². The number of carbonyl (C=O) groups excluding carboxylic acids is 2. The molecule has 7 heteroatoms. The van der Waals surface area contributed by atoms with Gasteiger partial charge in [0.2, 0.25) is 0 Å². The molecule has 4 rings (SSSR count). The molecule has 168 valence electrons. The summed E-state index contributed by atoms with van der Waals surface area (Å²) >= 11 is 3.57. The van der Waals surface area contributed by atoms with Gasteiger partial charge in [-0.2, -0.15) is 0 Å². The van der Waals surface area contributed by atoms with Crippen LogP contribution >= 0.6 is 23.1 Å². The molecule has 0 spiro atoms. The topological polar surface area (TPSA) is 71.1 Å². The lowest BCUT2D eigenvalue weighted by Crippen LogP contribution is -2.35. The van der Waals surface area contributed by atoms with Crippen molar-refractivity contribution in [2.24, 2.45) is 0 Å². The number of hydrogen-bond donors (Lipinski definition) is 2. The van der Waals surface area contributed by atoms with Gasteiger partial charge < -0.3 is 10.6 Å². The van der Waals surface area contributed by atoms with E-state index in [1.54, 1.807) is 29.2 Å². The molecule has 0 saturated carbocycles. The molecule has 2 aromatic heterocycles. The molecule has 1 aliphatic heterocycles. The zero-order chi connectivity index (χ0) is 22.8. The summed E-state index contributed by atoms with van der Waals surface area (Å²) in [7, 11) is 0. The molecule has 32 heavy (non-hydrogen) atoms. The van der Waals surface area contributed by atoms with Crippen molar-refractivity contribution in [2.75, 3.05) is 11.1 Å².